The maximum atomic E-state index is 12.7. The number of hydrogen-bond donors (Lipinski definition) is 3. The SMILES string of the molecule is CC(NC(=O)C1CC1c1nc2ccccc2[nH]1)C(=O)NC1CCN(C(=O)OC(C)(C)C)CC1. The van der Waals surface area contributed by atoms with Gasteiger partial charge in [-0.1, -0.05) is 12.1 Å². The molecule has 4 rings (SSSR count). The van der Waals surface area contributed by atoms with E-state index in [0.717, 1.165) is 23.3 Å². The van der Waals surface area contributed by atoms with Gasteiger partial charge in [0.2, 0.25) is 11.8 Å². The molecule has 1 saturated carbocycles. The Balaban J connectivity index is 1.21. The summed E-state index contributed by atoms with van der Waals surface area (Å²) in [6.07, 6.45) is 1.71. The summed E-state index contributed by atoms with van der Waals surface area (Å²) in [7, 11) is 0. The average molecular weight is 456 g/mol. The van der Waals surface area contributed by atoms with Crippen LogP contribution in [0.4, 0.5) is 4.79 Å². The second-order valence-corrected chi connectivity index (χ2v) is 10.1. The number of H-pyrrole nitrogens is 1. The number of nitrogens with zero attached hydrogens (tertiary/aromatic N) is 2. The van der Waals surface area contributed by atoms with Crippen molar-refractivity contribution in [3.05, 3.63) is 30.1 Å². The first kappa shape index (κ1) is 23.1. The number of amides is 3. The van der Waals surface area contributed by atoms with E-state index in [0.29, 0.717) is 25.9 Å². The Morgan fingerprint density at radius 3 is 2.55 bits per heavy atom. The van der Waals surface area contributed by atoms with Crippen molar-refractivity contribution >= 4 is 28.9 Å². The van der Waals surface area contributed by atoms with E-state index in [9.17, 15) is 14.4 Å². The third-order valence-corrected chi connectivity index (χ3v) is 6.13. The van der Waals surface area contributed by atoms with Gasteiger partial charge in [0, 0.05) is 31.0 Å². The van der Waals surface area contributed by atoms with E-state index in [4.69, 9.17) is 4.74 Å². The zero-order valence-corrected chi connectivity index (χ0v) is 19.7. The number of aromatic nitrogens is 2. The summed E-state index contributed by atoms with van der Waals surface area (Å²) in [5.41, 5.74) is 1.33. The topological polar surface area (TPSA) is 116 Å². The van der Waals surface area contributed by atoms with E-state index < -0.39 is 11.6 Å². The summed E-state index contributed by atoms with van der Waals surface area (Å²) in [4.78, 5) is 47.0. The van der Waals surface area contributed by atoms with Gasteiger partial charge in [0.05, 0.1) is 11.0 Å². The van der Waals surface area contributed by atoms with Crippen molar-refractivity contribution in [2.75, 3.05) is 13.1 Å². The number of aromatic amines is 1. The van der Waals surface area contributed by atoms with Gasteiger partial charge in [-0.05, 0) is 59.1 Å². The number of imidazole rings is 1. The number of likely N-dealkylation sites (tertiary alicyclic amines) is 1. The van der Waals surface area contributed by atoms with Crippen molar-refractivity contribution in [2.45, 2.75) is 70.6 Å². The third kappa shape index (κ3) is 5.64. The molecule has 1 aliphatic carbocycles. The van der Waals surface area contributed by atoms with E-state index in [2.05, 4.69) is 20.6 Å². The molecule has 1 saturated heterocycles. The molecule has 0 spiro atoms. The first-order valence-corrected chi connectivity index (χ1v) is 11.6. The first-order chi connectivity index (χ1) is 15.6. The van der Waals surface area contributed by atoms with Crippen LogP contribution in [0.3, 0.4) is 0 Å². The van der Waals surface area contributed by atoms with Crippen molar-refractivity contribution in [3.8, 4) is 0 Å². The number of carbonyl (C=O) groups excluding carboxylic acids is 3. The average Bonchev–Trinajstić information content (AvgIpc) is 3.44. The maximum Gasteiger partial charge on any atom is 0.410 e. The molecule has 0 radical (unpaired) electrons. The molecule has 1 aliphatic heterocycles. The summed E-state index contributed by atoms with van der Waals surface area (Å²) < 4.78 is 5.41. The Bertz CT molecular complexity index is 1000. The van der Waals surface area contributed by atoms with E-state index in [1.807, 2.05) is 45.0 Å². The summed E-state index contributed by atoms with van der Waals surface area (Å²) in [6, 6.07) is 7.14. The lowest BCUT2D eigenvalue weighted by Crippen LogP contribution is -2.52. The smallest absolute Gasteiger partial charge is 0.410 e. The Morgan fingerprint density at radius 2 is 1.88 bits per heavy atom. The molecule has 3 atom stereocenters. The minimum Gasteiger partial charge on any atom is -0.444 e. The van der Waals surface area contributed by atoms with E-state index in [-0.39, 0.29) is 35.8 Å². The molecule has 1 aromatic heterocycles. The highest BCUT2D eigenvalue weighted by molar-refractivity contribution is 5.90. The molecule has 2 fully saturated rings. The highest BCUT2D eigenvalue weighted by Crippen LogP contribution is 2.46. The van der Waals surface area contributed by atoms with Crippen LogP contribution in [-0.4, -0.2) is 63.5 Å². The number of para-hydroxylation sites is 2. The number of hydrogen-bond acceptors (Lipinski definition) is 5. The Hall–Kier alpha value is -3.10. The summed E-state index contributed by atoms with van der Waals surface area (Å²) in [5, 5.41) is 5.84. The molecule has 2 heterocycles. The van der Waals surface area contributed by atoms with Crippen LogP contribution in [0, 0.1) is 5.92 Å². The van der Waals surface area contributed by atoms with Crippen LogP contribution >= 0.6 is 0 Å². The van der Waals surface area contributed by atoms with Gasteiger partial charge in [-0.3, -0.25) is 9.59 Å². The Morgan fingerprint density at radius 1 is 1.18 bits per heavy atom. The molecule has 2 aliphatic rings. The Kier molecular flexibility index (Phi) is 6.32. The molecule has 178 valence electrons. The van der Waals surface area contributed by atoms with Gasteiger partial charge in [0.15, 0.2) is 0 Å². The summed E-state index contributed by atoms with van der Waals surface area (Å²) in [6.45, 7) is 8.28. The predicted octanol–water partition coefficient (Wildman–Crippen LogP) is 2.69. The van der Waals surface area contributed by atoms with Crippen LogP contribution in [-0.2, 0) is 14.3 Å². The molecule has 3 N–H and O–H groups in total. The zero-order valence-electron chi connectivity index (χ0n) is 19.7. The van der Waals surface area contributed by atoms with Crippen LogP contribution in [0.15, 0.2) is 24.3 Å². The molecule has 2 aromatic rings. The van der Waals surface area contributed by atoms with Crippen molar-refractivity contribution in [2.24, 2.45) is 5.92 Å². The van der Waals surface area contributed by atoms with Gasteiger partial charge in [0.25, 0.3) is 0 Å². The quantitative estimate of drug-likeness (QED) is 0.641. The summed E-state index contributed by atoms with van der Waals surface area (Å²) in [5.74, 6) is 0.385. The van der Waals surface area contributed by atoms with Gasteiger partial charge in [-0.25, -0.2) is 9.78 Å². The number of benzene rings is 1. The van der Waals surface area contributed by atoms with Crippen LogP contribution in [0.25, 0.3) is 11.0 Å². The number of fused-ring (bicyclic) bond motifs is 1. The first-order valence-electron chi connectivity index (χ1n) is 11.6. The molecule has 3 unspecified atom stereocenters. The van der Waals surface area contributed by atoms with Crippen LogP contribution in [0.5, 0.6) is 0 Å². The standard InChI is InChI=1S/C24H33N5O4/c1-14(21(30)26-15-9-11-29(12-10-15)23(32)33-24(2,3)4)25-22(31)17-13-16(17)20-27-18-7-5-6-8-19(18)28-20/h5-8,14-17H,9-13H2,1-4H3,(H,25,31)(H,26,30)(H,27,28). The lowest BCUT2D eigenvalue weighted by molar-refractivity contribution is -0.129. The van der Waals surface area contributed by atoms with Gasteiger partial charge in [0.1, 0.15) is 17.5 Å². The number of piperidine rings is 1. The molecular formula is C24H33N5O4. The normalized spacial score (nSPS) is 22.0. The predicted molar refractivity (Wildman–Crippen MR) is 124 cm³/mol. The second kappa shape index (κ2) is 9.03. The van der Waals surface area contributed by atoms with Crippen molar-refractivity contribution in [3.63, 3.8) is 0 Å². The number of nitrogens with one attached hydrogen (secondary N) is 3. The van der Waals surface area contributed by atoms with Crippen LogP contribution in [0.1, 0.15) is 58.7 Å². The highest BCUT2D eigenvalue weighted by atomic mass is 16.6. The lowest BCUT2D eigenvalue weighted by atomic mass is 10.0. The van der Waals surface area contributed by atoms with Gasteiger partial charge in [-0.15, -0.1) is 0 Å². The fourth-order valence-corrected chi connectivity index (χ4v) is 4.18. The van der Waals surface area contributed by atoms with E-state index in [1.54, 1.807) is 11.8 Å². The molecule has 33 heavy (non-hydrogen) atoms. The second-order valence-electron chi connectivity index (χ2n) is 10.1. The fraction of sp³-hybridized carbons (Fsp3) is 0.583. The molecule has 0 bridgehead atoms. The molecule has 9 nitrogen and oxygen atoms in total. The minimum absolute atomic E-state index is 0.0280. The molecule has 1 aromatic carbocycles. The van der Waals surface area contributed by atoms with E-state index >= 15 is 0 Å². The van der Waals surface area contributed by atoms with Crippen LogP contribution in [0.2, 0.25) is 0 Å². The van der Waals surface area contributed by atoms with Gasteiger partial charge < -0.3 is 25.3 Å². The molecule has 3 amide bonds. The van der Waals surface area contributed by atoms with E-state index in [1.165, 1.54) is 0 Å². The zero-order chi connectivity index (χ0) is 23.8. The van der Waals surface area contributed by atoms with Gasteiger partial charge >= 0.3 is 6.09 Å². The van der Waals surface area contributed by atoms with Crippen LogP contribution < -0.4 is 10.6 Å². The lowest BCUT2D eigenvalue weighted by Gasteiger charge is -2.34. The third-order valence-electron chi connectivity index (χ3n) is 6.13. The maximum absolute atomic E-state index is 12.7. The Labute approximate surface area is 193 Å². The van der Waals surface area contributed by atoms with Crippen molar-refractivity contribution in [1.82, 2.24) is 25.5 Å². The minimum atomic E-state index is -0.627. The molecular weight excluding hydrogens is 422 g/mol. The van der Waals surface area contributed by atoms with Crippen molar-refractivity contribution < 1.29 is 19.1 Å². The molecule has 9 heteroatoms. The number of carbonyl (C=O) groups is 3. The number of rotatable bonds is 5. The van der Waals surface area contributed by atoms with Crippen molar-refractivity contribution in [1.29, 1.82) is 0 Å². The monoisotopic (exact) mass is 455 g/mol. The van der Waals surface area contributed by atoms with Gasteiger partial charge in [-0.2, -0.15) is 0 Å². The largest absolute Gasteiger partial charge is 0.444 e. The summed E-state index contributed by atoms with van der Waals surface area (Å²) >= 11 is 0. The number of ether oxygens (including phenoxy) is 1. The fourth-order valence-electron chi connectivity index (χ4n) is 4.18. The highest BCUT2D eigenvalue weighted by Gasteiger charge is 2.46.